The molecule has 0 saturated heterocycles. The SMILES string of the molecule is CC1CC(OC(F)(F)F)=Cc2ccn(C(=O)c3c(Cl)ccc(C(=O)O)c3Cl)c21. The molecule has 1 heterocycles. The van der Waals surface area contributed by atoms with Gasteiger partial charge in [-0.1, -0.05) is 30.1 Å². The second kappa shape index (κ2) is 7.18. The molecule has 1 aliphatic carbocycles. The lowest BCUT2D eigenvalue weighted by atomic mass is 9.93. The van der Waals surface area contributed by atoms with Gasteiger partial charge >= 0.3 is 12.3 Å². The third-order valence-electron chi connectivity index (χ3n) is 4.25. The highest BCUT2D eigenvalue weighted by Gasteiger charge is 2.35. The summed E-state index contributed by atoms with van der Waals surface area (Å²) in [5, 5.41) is 8.84. The standard InChI is InChI=1S/C18H12Cl2F3NO4/c1-8-6-10(28-18(21,22)23)7-9-4-5-24(15(8)9)16(25)13-12(19)3-2-11(14(13)20)17(26)27/h2-5,7-8H,6H2,1H3,(H,26,27). The molecule has 28 heavy (non-hydrogen) atoms. The second-order valence-corrected chi connectivity index (χ2v) is 6.97. The Morgan fingerprint density at radius 1 is 1.25 bits per heavy atom. The van der Waals surface area contributed by atoms with E-state index in [9.17, 15) is 27.9 Å². The molecule has 5 nitrogen and oxygen atoms in total. The van der Waals surface area contributed by atoms with Gasteiger partial charge in [-0.3, -0.25) is 9.36 Å². The molecule has 1 aromatic heterocycles. The number of fused-ring (bicyclic) bond motifs is 1. The van der Waals surface area contributed by atoms with Crippen molar-refractivity contribution in [2.45, 2.75) is 25.6 Å². The first-order chi connectivity index (χ1) is 13.0. The molecule has 10 heteroatoms. The molecule has 0 aliphatic heterocycles. The Balaban J connectivity index is 2.06. The molecule has 3 rings (SSSR count). The van der Waals surface area contributed by atoms with E-state index in [1.807, 2.05) is 0 Å². The van der Waals surface area contributed by atoms with Gasteiger partial charge in [-0.2, -0.15) is 0 Å². The Morgan fingerprint density at radius 3 is 2.54 bits per heavy atom. The maximum absolute atomic E-state index is 13.0. The molecule has 1 atom stereocenters. The number of aromatic nitrogens is 1. The topological polar surface area (TPSA) is 68.5 Å². The van der Waals surface area contributed by atoms with Gasteiger partial charge in [0.05, 0.1) is 21.2 Å². The number of ether oxygens (including phenoxy) is 1. The molecule has 0 fully saturated rings. The van der Waals surface area contributed by atoms with Crippen molar-refractivity contribution in [1.82, 2.24) is 4.57 Å². The lowest BCUT2D eigenvalue weighted by Crippen LogP contribution is -2.21. The Bertz CT molecular complexity index is 1010. The zero-order chi connectivity index (χ0) is 20.8. The van der Waals surface area contributed by atoms with Crippen LogP contribution in [0.25, 0.3) is 6.08 Å². The van der Waals surface area contributed by atoms with Crippen LogP contribution in [-0.4, -0.2) is 27.9 Å². The molecular weight excluding hydrogens is 422 g/mol. The number of benzene rings is 1. The Morgan fingerprint density at radius 2 is 1.93 bits per heavy atom. The summed E-state index contributed by atoms with van der Waals surface area (Å²) in [4.78, 5) is 24.3. The lowest BCUT2D eigenvalue weighted by Gasteiger charge is -2.23. The summed E-state index contributed by atoms with van der Waals surface area (Å²) in [6.07, 6.45) is -2.29. The van der Waals surface area contributed by atoms with E-state index < -0.39 is 24.2 Å². The number of allylic oxidation sites excluding steroid dienone is 1. The average Bonchev–Trinajstić information content (AvgIpc) is 2.97. The minimum Gasteiger partial charge on any atom is -0.478 e. The number of hydrogen-bond donors (Lipinski definition) is 1. The molecule has 0 spiro atoms. The van der Waals surface area contributed by atoms with E-state index in [-0.39, 0.29) is 33.4 Å². The van der Waals surface area contributed by atoms with Crippen molar-refractivity contribution >= 4 is 41.2 Å². The smallest absolute Gasteiger partial charge is 0.478 e. The van der Waals surface area contributed by atoms with Crippen LogP contribution in [-0.2, 0) is 4.74 Å². The van der Waals surface area contributed by atoms with Crippen molar-refractivity contribution in [2.75, 3.05) is 0 Å². The van der Waals surface area contributed by atoms with Gasteiger partial charge in [0, 0.05) is 24.2 Å². The molecule has 1 aromatic carbocycles. The predicted octanol–water partition coefficient (Wildman–Crippen LogP) is 5.57. The van der Waals surface area contributed by atoms with E-state index in [1.54, 1.807) is 6.92 Å². The van der Waals surface area contributed by atoms with E-state index in [0.717, 1.165) is 0 Å². The van der Waals surface area contributed by atoms with Crippen molar-refractivity contribution in [1.29, 1.82) is 0 Å². The van der Waals surface area contributed by atoms with Crippen LogP contribution in [0.2, 0.25) is 10.0 Å². The minimum atomic E-state index is -4.81. The summed E-state index contributed by atoms with van der Waals surface area (Å²) in [5.41, 5.74) is 0.347. The molecule has 148 valence electrons. The van der Waals surface area contributed by atoms with Crippen LogP contribution in [0.3, 0.4) is 0 Å². The van der Waals surface area contributed by atoms with E-state index in [2.05, 4.69) is 4.74 Å². The first-order valence-corrected chi connectivity index (χ1v) is 8.68. The van der Waals surface area contributed by atoms with Gasteiger partial charge in [0.15, 0.2) is 0 Å². The van der Waals surface area contributed by atoms with Crippen LogP contribution >= 0.6 is 23.2 Å². The number of carboxylic acids is 1. The molecule has 0 radical (unpaired) electrons. The monoisotopic (exact) mass is 433 g/mol. The fourth-order valence-corrected chi connectivity index (χ4v) is 3.78. The van der Waals surface area contributed by atoms with Gasteiger partial charge in [-0.15, -0.1) is 13.2 Å². The largest absolute Gasteiger partial charge is 0.572 e. The maximum Gasteiger partial charge on any atom is 0.572 e. The predicted molar refractivity (Wildman–Crippen MR) is 95.7 cm³/mol. The van der Waals surface area contributed by atoms with E-state index in [4.69, 9.17) is 23.2 Å². The summed E-state index contributed by atoms with van der Waals surface area (Å²) in [5.74, 6) is -2.74. The number of carbonyl (C=O) groups is 2. The van der Waals surface area contributed by atoms with Crippen LogP contribution in [0.4, 0.5) is 13.2 Å². The zero-order valence-electron chi connectivity index (χ0n) is 14.2. The summed E-state index contributed by atoms with van der Waals surface area (Å²) in [7, 11) is 0. The number of halogens is 5. The highest BCUT2D eigenvalue weighted by atomic mass is 35.5. The van der Waals surface area contributed by atoms with Crippen LogP contribution in [0.15, 0.2) is 30.2 Å². The van der Waals surface area contributed by atoms with E-state index in [0.29, 0.717) is 11.3 Å². The van der Waals surface area contributed by atoms with Crippen LogP contribution in [0.1, 0.15) is 51.2 Å². The van der Waals surface area contributed by atoms with Gasteiger partial charge < -0.3 is 9.84 Å². The Labute approximate surface area is 166 Å². The van der Waals surface area contributed by atoms with E-state index in [1.165, 1.54) is 35.0 Å². The van der Waals surface area contributed by atoms with Gasteiger partial charge in [0.2, 0.25) is 0 Å². The van der Waals surface area contributed by atoms with Crippen molar-refractivity contribution in [3.63, 3.8) is 0 Å². The second-order valence-electron chi connectivity index (χ2n) is 6.18. The number of alkyl halides is 3. The summed E-state index contributed by atoms with van der Waals surface area (Å²) in [6.45, 7) is 1.65. The minimum absolute atomic E-state index is 0.0393. The fraction of sp³-hybridized carbons (Fsp3) is 0.222. The van der Waals surface area contributed by atoms with Crippen LogP contribution in [0.5, 0.6) is 0 Å². The molecular formula is C18H12Cl2F3NO4. The van der Waals surface area contributed by atoms with Crippen molar-refractivity contribution in [2.24, 2.45) is 0 Å². The molecule has 1 unspecified atom stereocenters. The zero-order valence-corrected chi connectivity index (χ0v) is 15.7. The van der Waals surface area contributed by atoms with Gasteiger partial charge in [0.25, 0.3) is 5.91 Å². The number of carbonyl (C=O) groups excluding carboxylic acids is 1. The van der Waals surface area contributed by atoms with Crippen molar-refractivity contribution in [3.05, 3.63) is 62.6 Å². The number of aromatic carboxylic acids is 1. The number of hydrogen-bond acceptors (Lipinski definition) is 3. The quantitative estimate of drug-likeness (QED) is 0.687. The highest BCUT2D eigenvalue weighted by Crippen LogP contribution is 2.38. The third kappa shape index (κ3) is 3.74. The molecule has 0 bridgehead atoms. The maximum atomic E-state index is 13.0. The molecule has 2 aromatic rings. The van der Waals surface area contributed by atoms with Crippen LogP contribution in [0, 0.1) is 0 Å². The van der Waals surface area contributed by atoms with Crippen LogP contribution < -0.4 is 0 Å². The normalized spacial score (nSPS) is 16.4. The fourth-order valence-electron chi connectivity index (χ4n) is 3.17. The van der Waals surface area contributed by atoms with Crippen molar-refractivity contribution in [3.8, 4) is 0 Å². The lowest BCUT2D eigenvalue weighted by molar-refractivity contribution is -0.306. The molecule has 0 amide bonds. The summed E-state index contributed by atoms with van der Waals surface area (Å²) >= 11 is 12.1. The molecule has 1 aliphatic rings. The summed E-state index contributed by atoms with van der Waals surface area (Å²) in [6, 6.07) is 3.89. The van der Waals surface area contributed by atoms with Gasteiger partial charge in [-0.05, 0) is 29.8 Å². The molecule has 0 saturated carbocycles. The first-order valence-electron chi connectivity index (χ1n) is 7.93. The van der Waals surface area contributed by atoms with Gasteiger partial charge in [0.1, 0.15) is 5.76 Å². The van der Waals surface area contributed by atoms with Crippen molar-refractivity contribution < 1.29 is 32.6 Å². The third-order valence-corrected chi connectivity index (χ3v) is 4.96. The van der Waals surface area contributed by atoms with E-state index >= 15 is 0 Å². The highest BCUT2D eigenvalue weighted by molar-refractivity contribution is 6.41. The number of carboxylic acid groups (broad SMARTS) is 1. The number of nitrogens with zero attached hydrogens (tertiary/aromatic N) is 1. The first kappa shape index (κ1) is 20.3. The Hall–Kier alpha value is -2.45. The molecule has 1 N–H and O–H groups in total. The van der Waals surface area contributed by atoms with Gasteiger partial charge in [-0.25, -0.2) is 4.79 Å². The Kier molecular flexibility index (Phi) is 5.20. The average molecular weight is 434 g/mol. The number of rotatable bonds is 3. The summed E-state index contributed by atoms with van der Waals surface area (Å²) < 4.78 is 42.7.